The molecule has 0 aliphatic carbocycles. The molecule has 0 aliphatic rings. The zero-order valence-electron chi connectivity index (χ0n) is 9.40. The van der Waals surface area contributed by atoms with Crippen molar-refractivity contribution in [2.45, 2.75) is 12.6 Å². The molecule has 0 spiro atoms. The summed E-state index contributed by atoms with van der Waals surface area (Å²) in [6, 6.07) is 2.00. The number of carbonyl (C=O) groups is 1. The van der Waals surface area contributed by atoms with Crippen molar-refractivity contribution >= 4 is 17.3 Å². The number of aliphatic carboxylic acids is 1. The monoisotopic (exact) mass is 278 g/mol. The van der Waals surface area contributed by atoms with Crippen LogP contribution in [0.4, 0.5) is 24.5 Å². The van der Waals surface area contributed by atoms with E-state index in [4.69, 9.17) is 5.11 Å². The average molecular weight is 278 g/mol. The number of hydrogen-bond acceptors (Lipinski definition) is 4. The Morgan fingerprint density at radius 2 is 2.05 bits per heavy atom. The number of nitrogens with zero attached hydrogens (tertiary/aromatic N) is 1. The van der Waals surface area contributed by atoms with Gasteiger partial charge in [0.2, 0.25) is 0 Å². The van der Waals surface area contributed by atoms with Crippen LogP contribution in [-0.4, -0.2) is 22.5 Å². The van der Waals surface area contributed by atoms with Gasteiger partial charge in [-0.05, 0) is 12.1 Å². The molecule has 0 saturated carbocycles. The van der Waals surface area contributed by atoms with Crippen molar-refractivity contribution in [3.63, 3.8) is 0 Å². The molecule has 19 heavy (non-hydrogen) atoms. The predicted molar refractivity (Wildman–Crippen MR) is 58.8 cm³/mol. The third-order valence-electron chi connectivity index (χ3n) is 2.18. The highest BCUT2D eigenvalue weighted by Crippen LogP contribution is 2.34. The van der Waals surface area contributed by atoms with Crippen LogP contribution in [0.15, 0.2) is 18.2 Å². The number of rotatable bonds is 5. The summed E-state index contributed by atoms with van der Waals surface area (Å²) in [5.41, 5.74) is -2.04. The second-order valence-electron chi connectivity index (χ2n) is 3.56. The molecule has 0 saturated heterocycles. The number of hydrogen-bond donors (Lipinski definition) is 2. The van der Waals surface area contributed by atoms with Gasteiger partial charge in [0.1, 0.15) is 5.69 Å². The summed E-state index contributed by atoms with van der Waals surface area (Å²) in [6.45, 7) is -0.123. The Labute approximate surface area is 105 Å². The summed E-state index contributed by atoms with van der Waals surface area (Å²) < 4.78 is 37.2. The van der Waals surface area contributed by atoms with Crippen LogP contribution in [0.5, 0.6) is 0 Å². The minimum Gasteiger partial charge on any atom is -0.481 e. The number of nitrogens with one attached hydrogen (secondary N) is 1. The first kappa shape index (κ1) is 14.7. The summed E-state index contributed by atoms with van der Waals surface area (Å²) in [7, 11) is 0. The minimum absolute atomic E-state index is 0.123. The van der Waals surface area contributed by atoms with E-state index in [1.165, 1.54) is 0 Å². The first-order chi connectivity index (χ1) is 8.71. The van der Waals surface area contributed by atoms with Crippen LogP contribution in [0.1, 0.15) is 12.0 Å². The van der Waals surface area contributed by atoms with E-state index < -0.39 is 28.3 Å². The molecule has 1 aromatic rings. The Morgan fingerprint density at radius 3 is 2.53 bits per heavy atom. The Morgan fingerprint density at radius 1 is 1.42 bits per heavy atom. The number of carboxylic acids is 1. The summed E-state index contributed by atoms with van der Waals surface area (Å²) in [5, 5.41) is 21.5. The molecule has 0 unspecified atom stereocenters. The molecule has 104 valence electrons. The van der Waals surface area contributed by atoms with Gasteiger partial charge in [-0.2, -0.15) is 13.2 Å². The lowest BCUT2D eigenvalue weighted by Crippen LogP contribution is -2.10. The summed E-state index contributed by atoms with van der Waals surface area (Å²) in [4.78, 5) is 20.0. The van der Waals surface area contributed by atoms with Crippen molar-refractivity contribution in [3.8, 4) is 0 Å². The van der Waals surface area contributed by atoms with E-state index in [0.717, 1.165) is 6.07 Å². The number of anilines is 1. The summed E-state index contributed by atoms with van der Waals surface area (Å²) >= 11 is 0. The number of alkyl halides is 3. The minimum atomic E-state index is -4.68. The maximum atomic E-state index is 12.4. The molecule has 0 fully saturated rings. The van der Waals surface area contributed by atoms with Crippen LogP contribution in [0.2, 0.25) is 0 Å². The molecule has 2 N–H and O–H groups in total. The maximum absolute atomic E-state index is 12.4. The predicted octanol–water partition coefficient (Wildman–Crippen LogP) is 2.50. The Balaban J connectivity index is 2.99. The van der Waals surface area contributed by atoms with Gasteiger partial charge in [0.05, 0.1) is 16.9 Å². The van der Waals surface area contributed by atoms with E-state index in [-0.39, 0.29) is 18.7 Å². The lowest BCUT2D eigenvalue weighted by Gasteiger charge is -2.09. The molecule has 0 amide bonds. The highest BCUT2D eigenvalue weighted by atomic mass is 19.4. The first-order valence-corrected chi connectivity index (χ1v) is 5.03. The molecule has 6 nitrogen and oxygen atoms in total. The molecule has 1 aromatic carbocycles. The van der Waals surface area contributed by atoms with Gasteiger partial charge in [-0.15, -0.1) is 0 Å². The van der Waals surface area contributed by atoms with Crippen molar-refractivity contribution in [1.82, 2.24) is 0 Å². The average Bonchev–Trinajstić information content (AvgIpc) is 2.27. The van der Waals surface area contributed by atoms with Crippen molar-refractivity contribution < 1.29 is 28.0 Å². The van der Waals surface area contributed by atoms with Crippen LogP contribution in [0.25, 0.3) is 0 Å². The maximum Gasteiger partial charge on any atom is 0.416 e. The largest absolute Gasteiger partial charge is 0.481 e. The van der Waals surface area contributed by atoms with Gasteiger partial charge in [-0.1, -0.05) is 0 Å². The zero-order chi connectivity index (χ0) is 14.6. The van der Waals surface area contributed by atoms with Crippen LogP contribution < -0.4 is 5.32 Å². The van der Waals surface area contributed by atoms with Gasteiger partial charge in [-0.3, -0.25) is 14.9 Å². The Bertz CT molecular complexity index is 502. The van der Waals surface area contributed by atoms with Gasteiger partial charge in [0.15, 0.2) is 0 Å². The second-order valence-corrected chi connectivity index (χ2v) is 3.56. The number of nitro groups is 1. The van der Waals surface area contributed by atoms with E-state index in [2.05, 4.69) is 5.32 Å². The SMILES string of the molecule is O=C(O)CCNc1ccc(C(F)(F)F)cc1[N+](=O)[O-]. The second kappa shape index (κ2) is 5.55. The normalized spacial score (nSPS) is 11.1. The Kier molecular flexibility index (Phi) is 4.30. The number of nitro benzene ring substituents is 1. The van der Waals surface area contributed by atoms with Crippen LogP contribution >= 0.6 is 0 Å². The molecule has 0 heterocycles. The van der Waals surface area contributed by atoms with Crippen molar-refractivity contribution in [1.29, 1.82) is 0 Å². The van der Waals surface area contributed by atoms with E-state index in [0.29, 0.717) is 12.1 Å². The van der Waals surface area contributed by atoms with Crippen LogP contribution in [-0.2, 0) is 11.0 Å². The molecule has 0 aromatic heterocycles. The third kappa shape index (κ3) is 4.12. The standard InChI is InChI=1S/C10H9F3N2O4/c11-10(12,13)6-1-2-7(8(5-6)15(18)19)14-4-3-9(16)17/h1-2,5,14H,3-4H2,(H,16,17). The fourth-order valence-electron chi connectivity index (χ4n) is 1.31. The summed E-state index contributed by atoms with van der Waals surface area (Å²) in [5.74, 6) is -1.12. The lowest BCUT2D eigenvalue weighted by molar-refractivity contribution is -0.384. The topological polar surface area (TPSA) is 92.5 Å². The number of benzene rings is 1. The fourth-order valence-corrected chi connectivity index (χ4v) is 1.31. The van der Waals surface area contributed by atoms with Crippen LogP contribution in [0, 0.1) is 10.1 Å². The molecule has 0 atom stereocenters. The van der Waals surface area contributed by atoms with Gasteiger partial charge in [0, 0.05) is 12.6 Å². The van der Waals surface area contributed by atoms with Crippen molar-refractivity contribution in [2.24, 2.45) is 0 Å². The highest BCUT2D eigenvalue weighted by molar-refractivity contribution is 5.68. The van der Waals surface area contributed by atoms with Gasteiger partial charge in [0.25, 0.3) is 5.69 Å². The van der Waals surface area contributed by atoms with Crippen molar-refractivity contribution in [2.75, 3.05) is 11.9 Å². The molecular weight excluding hydrogens is 269 g/mol. The molecule has 1 rings (SSSR count). The lowest BCUT2D eigenvalue weighted by atomic mass is 10.1. The van der Waals surface area contributed by atoms with Gasteiger partial charge >= 0.3 is 12.1 Å². The molecular formula is C10H9F3N2O4. The molecule has 0 bridgehead atoms. The highest BCUT2D eigenvalue weighted by Gasteiger charge is 2.32. The smallest absolute Gasteiger partial charge is 0.416 e. The number of carboxylic acid groups (broad SMARTS) is 1. The fraction of sp³-hybridized carbons (Fsp3) is 0.300. The van der Waals surface area contributed by atoms with Crippen molar-refractivity contribution in [3.05, 3.63) is 33.9 Å². The van der Waals surface area contributed by atoms with E-state index >= 15 is 0 Å². The van der Waals surface area contributed by atoms with Crippen LogP contribution in [0.3, 0.4) is 0 Å². The third-order valence-corrected chi connectivity index (χ3v) is 2.18. The Hall–Kier alpha value is -2.32. The zero-order valence-corrected chi connectivity index (χ0v) is 9.40. The van der Waals surface area contributed by atoms with E-state index in [1.54, 1.807) is 0 Å². The van der Waals surface area contributed by atoms with Gasteiger partial charge < -0.3 is 10.4 Å². The molecule has 0 aliphatic heterocycles. The van der Waals surface area contributed by atoms with Gasteiger partial charge in [-0.25, -0.2) is 0 Å². The number of halogens is 3. The summed E-state index contributed by atoms with van der Waals surface area (Å²) in [6.07, 6.45) is -4.98. The molecule has 9 heteroatoms. The van der Waals surface area contributed by atoms with E-state index in [1.807, 2.05) is 0 Å². The quantitative estimate of drug-likeness (QED) is 0.637. The first-order valence-electron chi connectivity index (χ1n) is 5.03. The molecule has 0 radical (unpaired) electrons. The van der Waals surface area contributed by atoms with E-state index in [9.17, 15) is 28.1 Å².